The number of rotatable bonds is 5. The van der Waals surface area contributed by atoms with Crippen LogP contribution in [0.5, 0.6) is 0 Å². The highest BCUT2D eigenvalue weighted by atomic mass is 35.5. The van der Waals surface area contributed by atoms with Gasteiger partial charge in [0.25, 0.3) is 0 Å². The summed E-state index contributed by atoms with van der Waals surface area (Å²) in [5, 5.41) is 4.29. The van der Waals surface area contributed by atoms with Crippen LogP contribution in [0.2, 0.25) is 5.02 Å². The van der Waals surface area contributed by atoms with Crippen molar-refractivity contribution < 1.29 is 4.42 Å². The largest absolute Gasteiger partial charge is 0.467 e. The Labute approximate surface area is 129 Å². The molecule has 0 aliphatic rings. The maximum absolute atomic E-state index is 5.92. The zero-order chi connectivity index (χ0) is 14.5. The molecule has 1 unspecified atom stereocenters. The molecular formula is C18H16ClNO. The van der Waals surface area contributed by atoms with Gasteiger partial charge in [-0.3, -0.25) is 5.32 Å². The second-order valence-electron chi connectivity index (χ2n) is 4.87. The van der Waals surface area contributed by atoms with Crippen LogP contribution in [0.25, 0.3) is 0 Å². The Morgan fingerprint density at radius 1 is 0.905 bits per heavy atom. The van der Waals surface area contributed by atoms with Gasteiger partial charge in [0.2, 0.25) is 0 Å². The smallest absolute Gasteiger partial charge is 0.125 e. The highest BCUT2D eigenvalue weighted by molar-refractivity contribution is 6.30. The van der Waals surface area contributed by atoms with E-state index in [4.69, 9.17) is 16.0 Å². The molecule has 0 radical (unpaired) electrons. The summed E-state index contributed by atoms with van der Waals surface area (Å²) >= 11 is 5.92. The van der Waals surface area contributed by atoms with Crippen molar-refractivity contribution in [3.8, 4) is 0 Å². The number of furan rings is 1. The SMILES string of the molecule is Clc1ccc(CNC(c2ccccc2)c2ccco2)cc1. The maximum Gasteiger partial charge on any atom is 0.125 e. The highest BCUT2D eigenvalue weighted by Gasteiger charge is 2.15. The van der Waals surface area contributed by atoms with Crippen molar-refractivity contribution in [1.82, 2.24) is 5.32 Å². The monoisotopic (exact) mass is 297 g/mol. The molecule has 1 atom stereocenters. The van der Waals surface area contributed by atoms with Crippen molar-refractivity contribution in [2.24, 2.45) is 0 Å². The highest BCUT2D eigenvalue weighted by Crippen LogP contribution is 2.23. The van der Waals surface area contributed by atoms with Crippen LogP contribution >= 0.6 is 11.6 Å². The Bertz CT molecular complexity index is 662. The fourth-order valence-corrected chi connectivity index (χ4v) is 2.43. The molecule has 0 bridgehead atoms. The lowest BCUT2D eigenvalue weighted by Gasteiger charge is -2.17. The number of hydrogen-bond donors (Lipinski definition) is 1. The van der Waals surface area contributed by atoms with Crippen molar-refractivity contribution in [2.75, 3.05) is 0 Å². The zero-order valence-electron chi connectivity index (χ0n) is 11.5. The lowest BCUT2D eigenvalue weighted by Crippen LogP contribution is -2.21. The van der Waals surface area contributed by atoms with E-state index in [0.717, 1.165) is 17.3 Å². The van der Waals surface area contributed by atoms with Crippen LogP contribution < -0.4 is 5.32 Å². The molecule has 0 fully saturated rings. The van der Waals surface area contributed by atoms with Gasteiger partial charge in [-0.25, -0.2) is 0 Å². The van der Waals surface area contributed by atoms with E-state index in [2.05, 4.69) is 17.4 Å². The number of benzene rings is 2. The molecule has 2 aromatic carbocycles. The lowest BCUT2D eigenvalue weighted by atomic mass is 10.0. The van der Waals surface area contributed by atoms with Gasteiger partial charge in [0.05, 0.1) is 12.3 Å². The predicted octanol–water partition coefficient (Wildman–Crippen LogP) is 4.81. The Morgan fingerprint density at radius 2 is 1.67 bits per heavy atom. The summed E-state index contributed by atoms with van der Waals surface area (Å²) < 4.78 is 5.57. The molecule has 3 heteroatoms. The van der Waals surface area contributed by atoms with Crippen molar-refractivity contribution in [3.05, 3.63) is 94.9 Å². The van der Waals surface area contributed by atoms with Gasteiger partial charge >= 0.3 is 0 Å². The molecule has 3 rings (SSSR count). The van der Waals surface area contributed by atoms with E-state index < -0.39 is 0 Å². The van der Waals surface area contributed by atoms with Crippen LogP contribution in [0.4, 0.5) is 0 Å². The van der Waals surface area contributed by atoms with E-state index in [1.165, 1.54) is 11.1 Å². The van der Waals surface area contributed by atoms with Gasteiger partial charge in [0.15, 0.2) is 0 Å². The molecule has 106 valence electrons. The fourth-order valence-electron chi connectivity index (χ4n) is 2.31. The van der Waals surface area contributed by atoms with Crippen molar-refractivity contribution >= 4 is 11.6 Å². The summed E-state index contributed by atoms with van der Waals surface area (Å²) in [6.45, 7) is 0.747. The summed E-state index contributed by atoms with van der Waals surface area (Å²) in [7, 11) is 0. The molecule has 0 aliphatic heterocycles. The average Bonchev–Trinajstić information content (AvgIpc) is 3.05. The first kappa shape index (κ1) is 13.9. The van der Waals surface area contributed by atoms with Gasteiger partial charge < -0.3 is 4.42 Å². The van der Waals surface area contributed by atoms with Gasteiger partial charge in [-0.05, 0) is 35.4 Å². The normalized spacial score (nSPS) is 12.2. The first-order valence-corrected chi connectivity index (χ1v) is 7.27. The second-order valence-corrected chi connectivity index (χ2v) is 5.30. The molecule has 0 spiro atoms. The topological polar surface area (TPSA) is 25.2 Å². The third-order valence-corrected chi connectivity index (χ3v) is 3.64. The molecule has 3 aromatic rings. The van der Waals surface area contributed by atoms with Gasteiger partial charge in [-0.2, -0.15) is 0 Å². The maximum atomic E-state index is 5.92. The first-order chi connectivity index (χ1) is 10.3. The number of halogens is 1. The minimum absolute atomic E-state index is 0.0388. The molecule has 21 heavy (non-hydrogen) atoms. The first-order valence-electron chi connectivity index (χ1n) is 6.89. The Kier molecular flexibility index (Phi) is 4.39. The van der Waals surface area contributed by atoms with E-state index in [1.807, 2.05) is 54.6 Å². The molecule has 0 saturated heterocycles. The summed E-state index contributed by atoms with van der Waals surface area (Å²) in [5.74, 6) is 0.912. The summed E-state index contributed by atoms with van der Waals surface area (Å²) in [5.41, 5.74) is 2.37. The molecular weight excluding hydrogens is 282 g/mol. The molecule has 1 heterocycles. The molecule has 1 N–H and O–H groups in total. The van der Waals surface area contributed by atoms with Crippen LogP contribution in [0.15, 0.2) is 77.4 Å². The Morgan fingerprint density at radius 3 is 2.33 bits per heavy atom. The van der Waals surface area contributed by atoms with Crippen LogP contribution in [-0.2, 0) is 6.54 Å². The van der Waals surface area contributed by atoms with E-state index in [9.17, 15) is 0 Å². The summed E-state index contributed by atoms with van der Waals surface area (Å²) in [4.78, 5) is 0. The minimum atomic E-state index is 0.0388. The predicted molar refractivity (Wildman–Crippen MR) is 85.3 cm³/mol. The van der Waals surface area contributed by atoms with Gasteiger partial charge in [0, 0.05) is 11.6 Å². The van der Waals surface area contributed by atoms with E-state index in [1.54, 1.807) is 6.26 Å². The third kappa shape index (κ3) is 3.54. The molecule has 2 nitrogen and oxygen atoms in total. The van der Waals surface area contributed by atoms with Crippen molar-refractivity contribution in [3.63, 3.8) is 0 Å². The Hall–Kier alpha value is -2.03. The number of nitrogens with one attached hydrogen (secondary N) is 1. The molecule has 0 saturated carbocycles. The lowest BCUT2D eigenvalue weighted by molar-refractivity contribution is 0.446. The van der Waals surface area contributed by atoms with E-state index in [0.29, 0.717) is 0 Å². The number of hydrogen-bond acceptors (Lipinski definition) is 2. The van der Waals surface area contributed by atoms with Crippen LogP contribution in [-0.4, -0.2) is 0 Å². The standard InChI is InChI=1S/C18H16ClNO/c19-16-10-8-14(9-11-16)13-20-18(17-7-4-12-21-17)15-5-2-1-3-6-15/h1-12,18,20H,13H2. The molecule has 0 amide bonds. The summed E-state index contributed by atoms with van der Waals surface area (Å²) in [6, 6.07) is 22.1. The molecule has 1 aromatic heterocycles. The minimum Gasteiger partial charge on any atom is -0.467 e. The zero-order valence-corrected chi connectivity index (χ0v) is 12.3. The summed E-state index contributed by atoms with van der Waals surface area (Å²) in [6.07, 6.45) is 1.70. The van der Waals surface area contributed by atoms with Gasteiger partial charge in [0.1, 0.15) is 5.76 Å². The van der Waals surface area contributed by atoms with Crippen LogP contribution in [0, 0.1) is 0 Å². The van der Waals surface area contributed by atoms with Crippen LogP contribution in [0.3, 0.4) is 0 Å². The van der Waals surface area contributed by atoms with E-state index >= 15 is 0 Å². The van der Waals surface area contributed by atoms with Crippen molar-refractivity contribution in [1.29, 1.82) is 0 Å². The Balaban J connectivity index is 1.78. The van der Waals surface area contributed by atoms with E-state index in [-0.39, 0.29) is 6.04 Å². The van der Waals surface area contributed by atoms with Crippen LogP contribution in [0.1, 0.15) is 22.9 Å². The van der Waals surface area contributed by atoms with Gasteiger partial charge in [-0.15, -0.1) is 0 Å². The average molecular weight is 298 g/mol. The quantitative estimate of drug-likeness (QED) is 0.731. The van der Waals surface area contributed by atoms with Gasteiger partial charge in [-0.1, -0.05) is 54.1 Å². The molecule has 0 aliphatic carbocycles. The van der Waals surface area contributed by atoms with Crippen molar-refractivity contribution in [2.45, 2.75) is 12.6 Å². The fraction of sp³-hybridized carbons (Fsp3) is 0.111. The second kappa shape index (κ2) is 6.61. The third-order valence-electron chi connectivity index (χ3n) is 3.38.